The number of rotatable bonds is 5. The van der Waals surface area contributed by atoms with Gasteiger partial charge in [0.2, 0.25) is 0 Å². The molecule has 0 aliphatic heterocycles. The molecular weight excluding hydrogens is 260 g/mol. The molecule has 0 radical (unpaired) electrons. The zero-order valence-electron chi connectivity index (χ0n) is 11.7. The summed E-state index contributed by atoms with van der Waals surface area (Å²) in [6.45, 7) is 4.16. The van der Waals surface area contributed by atoms with E-state index in [9.17, 15) is 8.78 Å². The second-order valence-electron chi connectivity index (χ2n) is 5.00. The maximum absolute atomic E-state index is 13.7. The Morgan fingerprint density at radius 2 is 2.05 bits per heavy atom. The number of benzene rings is 1. The van der Waals surface area contributed by atoms with Crippen molar-refractivity contribution in [1.82, 2.24) is 9.78 Å². The van der Waals surface area contributed by atoms with E-state index in [2.05, 4.69) is 18.9 Å². The fourth-order valence-corrected chi connectivity index (χ4v) is 2.06. The molecule has 2 atom stereocenters. The SMILES string of the molecule is CCC(C)n1ccc(CC(N)c2cccc(F)c2F)n1. The van der Waals surface area contributed by atoms with E-state index in [1.54, 1.807) is 0 Å². The van der Waals surface area contributed by atoms with E-state index < -0.39 is 17.7 Å². The lowest BCUT2D eigenvalue weighted by molar-refractivity contribution is 0.468. The molecule has 0 aliphatic rings. The van der Waals surface area contributed by atoms with Gasteiger partial charge < -0.3 is 5.73 Å². The molecule has 1 heterocycles. The van der Waals surface area contributed by atoms with E-state index in [0.717, 1.165) is 18.2 Å². The van der Waals surface area contributed by atoms with Gasteiger partial charge in [-0.15, -0.1) is 0 Å². The molecule has 5 heteroatoms. The zero-order chi connectivity index (χ0) is 14.7. The van der Waals surface area contributed by atoms with E-state index in [1.165, 1.54) is 12.1 Å². The van der Waals surface area contributed by atoms with Crippen LogP contribution in [-0.2, 0) is 6.42 Å². The number of hydrogen-bond donors (Lipinski definition) is 1. The number of hydrogen-bond acceptors (Lipinski definition) is 2. The lowest BCUT2D eigenvalue weighted by atomic mass is 10.0. The quantitative estimate of drug-likeness (QED) is 0.912. The van der Waals surface area contributed by atoms with Crippen molar-refractivity contribution in [3.63, 3.8) is 0 Å². The normalized spacial score (nSPS) is 14.2. The molecule has 2 N–H and O–H groups in total. The van der Waals surface area contributed by atoms with E-state index in [4.69, 9.17) is 5.73 Å². The number of halogens is 2. The van der Waals surface area contributed by atoms with Gasteiger partial charge in [-0.1, -0.05) is 19.1 Å². The van der Waals surface area contributed by atoms with Gasteiger partial charge in [-0.25, -0.2) is 8.78 Å². The first kappa shape index (κ1) is 14.7. The lowest BCUT2D eigenvalue weighted by Crippen LogP contribution is -2.16. The van der Waals surface area contributed by atoms with Crippen molar-refractivity contribution in [2.45, 2.75) is 38.8 Å². The summed E-state index contributed by atoms with van der Waals surface area (Å²) in [4.78, 5) is 0. The molecule has 0 bridgehead atoms. The van der Waals surface area contributed by atoms with Crippen LogP contribution < -0.4 is 5.73 Å². The molecule has 0 aliphatic carbocycles. The van der Waals surface area contributed by atoms with Crippen molar-refractivity contribution in [2.24, 2.45) is 5.73 Å². The predicted octanol–water partition coefficient (Wildman–Crippen LogP) is 3.37. The Kier molecular flexibility index (Phi) is 4.49. The molecule has 0 spiro atoms. The smallest absolute Gasteiger partial charge is 0.163 e. The topological polar surface area (TPSA) is 43.8 Å². The molecule has 3 nitrogen and oxygen atoms in total. The van der Waals surface area contributed by atoms with Crippen LogP contribution in [-0.4, -0.2) is 9.78 Å². The van der Waals surface area contributed by atoms with Crippen molar-refractivity contribution in [3.8, 4) is 0 Å². The molecule has 2 rings (SSSR count). The van der Waals surface area contributed by atoms with Crippen LogP contribution in [0.3, 0.4) is 0 Å². The van der Waals surface area contributed by atoms with Crippen LogP contribution in [0.2, 0.25) is 0 Å². The maximum atomic E-state index is 13.7. The molecule has 0 saturated carbocycles. The van der Waals surface area contributed by atoms with Gasteiger partial charge in [-0.2, -0.15) is 5.10 Å². The summed E-state index contributed by atoms with van der Waals surface area (Å²) in [5.41, 5.74) is 6.92. The second-order valence-corrected chi connectivity index (χ2v) is 5.00. The summed E-state index contributed by atoms with van der Waals surface area (Å²) in [5, 5.41) is 4.42. The largest absolute Gasteiger partial charge is 0.324 e. The van der Waals surface area contributed by atoms with Crippen LogP contribution >= 0.6 is 0 Å². The van der Waals surface area contributed by atoms with E-state index in [1.807, 2.05) is 16.9 Å². The Morgan fingerprint density at radius 3 is 2.75 bits per heavy atom. The molecule has 1 aromatic heterocycles. The van der Waals surface area contributed by atoms with Crippen LogP contribution in [0.1, 0.15) is 43.6 Å². The van der Waals surface area contributed by atoms with Crippen molar-refractivity contribution in [1.29, 1.82) is 0 Å². The Morgan fingerprint density at radius 1 is 1.30 bits per heavy atom. The minimum absolute atomic E-state index is 0.183. The van der Waals surface area contributed by atoms with Crippen LogP contribution in [0, 0.1) is 11.6 Å². The molecule has 0 saturated heterocycles. The zero-order valence-corrected chi connectivity index (χ0v) is 11.7. The lowest BCUT2D eigenvalue weighted by Gasteiger charge is -2.12. The first-order valence-corrected chi connectivity index (χ1v) is 6.76. The summed E-state index contributed by atoms with van der Waals surface area (Å²) in [7, 11) is 0. The minimum atomic E-state index is -0.874. The summed E-state index contributed by atoms with van der Waals surface area (Å²) < 4.78 is 28.7. The average Bonchev–Trinajstić information content (AvgIpc) is 2.89. The molecule has 2 aromatic rings. The first-order valence-electron chi connectivity index (χ1n) is 6.76. The third-order valence-electron chi connectivity index (χ3n) is 3.52. The molecule has 1 aromatic carbocycles. The predicted molar refractivity (Wildman–Crippen MR) is 74.2 cm³/mol. The Bertz CT molecular complexity index is 580. The summed E-state index contributed by atoms with van der Waals surface area (Å²) >= 11 is 0. The van der Waals surface area contributed by atoms with Gasteiger partial charge in [0.1, 0.15) is 0 Å². The third kappa shape index (κ3) is 3.04. The highest BCUT2D eigenvalue weighted by Gasteiger charge is 2.16. The first-order chi connectivity index (χ1) is 9.52. The van der Waals surface area contributed by atoms with E-state index in [0.29, 0.717) is 12.5 Å². The van der Waals surface area contributed by atoms with Crippen LogP contribution in [0.5, 0.6) is 0 Å². The molecular formula is C15H19F2N3. The molecule has 20 heavy (non-hydrogen) atoms. The molecule has 108 valence electrons. The highest BCUT2D eigenvalue weighted by molar-refractivity contribution is 5.23. The average molecular weight is 279 g/mol. The second kappa shape index (κ2) is 6.13. The summed E-state index contributed by atoms with van der Waals surface area (Å²) in [6, 6.07) is 5.63. The van der Waals surface area contributed by atoms with Crippen molar-refractivity contribution >= 4 is 0 Å². The maximum Gasteiger partial charge on any atom is 0.163 e. The number of nitrogens with zero attached hydrogens (tertiary/aromatic N) is 2. The minimum Gasteiger partial charge on any atom is -0.324 e. The van der Waals surface area contributed by atoms with Crippen molar-refractivity contribution in [3.05, 3.63) is 53.4 Å². The van der Waals surface area contributed by atoms with Gasteiger partial charge in [0.25, 0.3) is 0 Å². The van der Waals surface area contributed by atoms with Gasteiger partial charge in [0, 0.05) is 30.3 Å². The van der Waals surface area contributed by atoms with Gasteiger partial charge in [-0.05, 0) is 25.5 Å². The van der Waals surface area contributed by atoms with Crippen molar-refractivity contribution in [2.75, 3.05) is 0 Å². The van der Waals surface area contributed by atoms with Gasteiger partial charge in [-0.3, -0.25) is 4.68 Å². The van der Waals surface area contributed by atoms with Gasteiger partial charge >= 0.3 is 0 Å². The molecule has 0 fully saturated rings. The fraction of sp³-hybridized carbons (Fsp3) is 0.400. The number of aromatic nitrogens is 2. The van der Waals surface area contributed by atoms with Crippen LogP contribution in [0.4, 0.5) is 8.78 Å². The molecule has 0 amide bonds. The van der Waals surface area contributed by atoms with Gasteiger partial charge in [0.15, 0.2) is 11.6 Å². The van der Waals surface area contributed by atoms with Crippen LogP contribution in [0.15, 0.2) is 30.5 Å². The van der Waals surface area contributed by atoms with Gasteiger partial charge in [0.05, 0.1) is 5.69 Å². The Balaban J connectivity index is 2.13. The third-order valence-corrected chi connectivity index (χ3v) is 3.52. The fourth-order valence-electron chi connectivity index (χ4n) is 2.06. The Labute approximate surface area is 117 Å². The van der Waals surface area contributed by atoms with E-state index in [-0.39, 0.29) is 5.56 Å². The van der Waals surface area contributed by atoms with E-state index >= 15 is 0 Å². The molecule has 2 unspecified atom stereocenters. The monoisotopic (exact) mass is 279 g/mol. The Hall–Kier alpha value is -1.75. The summed E-state index contributed by atoms with van der Waals surface area (Å²) in [6.07, 6.45) is 3.24. The van der Waals surface area contributed by atoms with Crippen LogP contribution in [0.25, 0.3) is 0 Å². The standard InChI is InChI=1S/C15H19F2N3/c1-3-10(2)20-8-7-11(19-20)9-14(18)12-5-4-6-13(16)15(12)17/h4-8,10,14H,3,9,18H2,1-2H3. The van der Waals surface area contributed by atoms with Crippen molar-refractivity contribution < 1.29 is 8.78 Å². The number of nitrogens with two attached hydrogens (primary N) is 1. The highest BCUT2D eigenvalue weighted by atomic mass is 19.2. The summed E-state index contributed by atoms with van der Waals surface area (Å²) in [5.74, 6) is -1.75. The highest BCUT2D eigenvalue weighted by Crippen LogP contribution is 2.21.